The van der Waals surface area contributed by atoms with Crippen molar-refractivity contribution < 1.29 is 9.90 Å². The van der Waals surface area contributed by atoms with Gasteiger partial charge in [-0.05, 0) is 32.9 Å². The zero-order valence-corrected chi connectivity index (χ0v) is 9.97. The highest BCUT2D eigenvalue weighted by Crippen LogP contribution is 2.14. The lowest BCUT2D eigenvalue weighted by atomic mass is 10.2. The summed E-state index contributed by atoms with van der Waals surface area (Å²) in [5.41, 5.74) is 0.608. The van der Waals surface area contributed by atoms with E-state index in [-0.39, 0.29) is 18.4 Å². The van der Waals surface area contributed by atoms with Gasteiger partial charge in [-0.2, -0.15) is 0 Å². The second-order valence-corrected chi connectivity index (χ2v) is 3.97. The van der Waals surface area contributed by atoms with Gasteiger partial charge < -0.3 is 10.0 Å². The number of Topliss-reactive ketones (excluding diaryl/α,β-unsaturated/α-hetero) is 1. The van der Waals surface area contributed by atoms with Crippen molar-refractivity contribution in [1.82, 2.24) is 4.98 Å². The molecule has 1 N–H and O–H groups in total. The van der Waals surface area contributed by atoms with E-state index in [1.165, 1.54) is 6.92 Å². The summed E-state index contributed by atoms with van der Waals surface area (Å²) < 4.78 is 0. The number of ketones is 1. The van der Waals surface area contributed by atoms with E-state index in [4.69, 9.17) is 5.11 Å². The second kappa shape index (κ2) is 5.61. The highest BCUT2D eigenvalue weighted by Gasteiger charge is 2.11. The number of hydrogen-bond acceptors (Lipinski definition) is 4. The molecule has 0 aliphatic carbocycles. The topological polar surface area (TPSA) is 53.4 Å². The number of rotatable bonds is 5. The number of anilines is 1. The van der Waals surface area contributed by atoms with Crippen LogP contribution in [-0.4, -0.2) is 35.1 Å². The quantitative estimate of drug-likeness (QED) is 0.767. The molecule has 0 aromatic carbocycles. The Kier molecular flexibility index (Phi) is 4.43. The molecular formula is C12H18N2O2. The van der Waals surface area contributed by atoms with Crippen molar-refractivity contribution in [2.45, 2.75) is 26.8 Å². The molecule has 1 heterocycles. The molecule has 0 spiro atoms. The average Bonchev–Trinajstić information content (AvgIpc) is 2.25. The molecule has 0 unspecified atom stereocenters. The molecule has 1 rings (SSSR count). The van der Waals surface area contributed by atoms with E-state index in [1.54, 1.807) is 12.3 Å². The van der Waals surface area contributed by atoms with Crippen LogP contribution in [0.5, 0.6) is 0 Å². The average molecular weight is 222 g/mol. The molecule has 4 nitrogen and oxygen atoms in total. The van der Waals surface area contributed by atoms with Gasteiger partial charge in [-0.1, -0.05) is 0 Å². The van der Waals surface area contributed by atoms with Gasteiger partial charge in [0.25, 0.3) is 0 Å². The molecule has 0 saturated carbocycles. The Balaban J connectivity index is 2.89. The summed E-state index contributed by atoms with van der Waals surface area (Å²) in [5, 5.41) is 8.97. The Hall–Kier alpha value is -1.42. The van der Waals surface area contributed by atoms with Gasteiger partial charge in [0.05, 0.1) is 6.61 Å². The number of aliphatic hydroxyl groups excluding tert-OH is 1. The molecule has 16 heavy (non-hydrogen) atoms. The van der Waals surface area contributed by atoms with E-state index in [9.17, 15) is 4.79 Å². The van der Waals surface area contributed by atoms with Crippen LogP contribution < -0.4 is 4.90 Å². The predicted octanol–water partition coefficient (Wildman–Crippen LogP) is 1.49. The largest absolute Gasteiger partial charge is 0.395 e. The van der Waals surface area contributed by atoms with Gasteiger partial charge in [-0.3, -0.25) is 4.79 Å². The number of pyridine rings is 1. The van der Waals surface area contributed by atoms with Crippen molar-refractivity contribution in [3.8, 4) is 0 Å². The van der Waals surface area contributed by atoms with Crippen LogP contribution in [0.25, 0.3) is 0 Å². The van der Waals surface area contributed by atoms with Crippen molar-refractivity contribution in [3.05, 3.63) is 23.9 Å². The van der Waals surface area contributed by atoms with E-state index >= 15 is 0 Å². The first kappa shape index (κ1) is 12.6. The first-order valence-corrected chi connectivity index (χ1v) is 5.40. The molecule has 0 aliphatic heterocycles. The van der Waals surface area contributed by atoms with Crippen LogP contribution in [0.2, 0.25) is 0 Å². The van der Waals surface area contributed by atoms with Gasteiger partial charge in [0, 0.05) is 24.3 Å². The van der Waals surface area contributed by atoms with Crippen LogP contribution in [0.4, 0.5) is 5.82 Å². The molecule has 0 saturated heterocycles. The van der Waals surface area contributed by atoms with Crippen LogP contribution in [0, 0.1) is 0 Å². The van der Waals surface area contributed by atoms with E-state index in [0.717, 1.165) is 5.82 Å². The molecule has 0 aliphatic rings. The van der Waals surface area contributed by atoms with Crippen LogP contribution >= 0.6 is 0 Å². The normalized spacial score (nSPS) is 10.6. The second-order valence-electron chi connectivity index (χ2n) is 3.97. The number of carbonyl (C=O) groups is 1. The highest BCUT2D eigenvalue weighted by molar-refractivity contribution is 5.93. The predicted molar refractivity (Wildman–Crippen MR) is 63.8 cm³/mol. The summed E-state index contributed by atoms with van der Waals surface area (Å²) in [6.45, 7) is 6.23. The molecule has 0 fully saturated rings. The Morgan fingerprint density at radius 3 is 2.56 bits per heavy atom. The summed E-state index contributed by atoms with van der Waals surface area (Å²) in [5.74, 6) is 0.798. The molecular weight excluding hydrogens is 204 g/mol. The van der Waals surface area contributed by atoms with Crippen molar-refractivity contribution in [2.24, 2.45) is 0 Å². The first-order chi connectivity index (χ1) is 7.56. The highest BCUT2D eigenvalue weighted by atomic mass is 16.3. The van der Waals surface area contributed by atoms with Crippen LogP contribution in [0.3, 0.4) is 0 Å². The Labute approximate surface area is 95.9 Å². The fraction of sp³-hybridized carbons (Fsp3) is 0.500. The third-order valence-electron chi connectivity index (χ3n) is 2.41. The Bertz CT molecular complexity index is 347. The van der Waals surface area contributed by atoms with Crippen molar-refractivity contribution >= 4 is 11.6 Å². The van der Waals surface area contributed by atoms with Crippen molar-refractivity contribution in [2.75, 3.05) is 18.1 Å². The maximum atomic E-state index is 11.1. The minimum Gasteiger partial charge on any atom is -0.395 e. The lowest BCUT2D eigenvalue weighted by molar-refractivity contribution is 0.101. The van der Waals surface area contributed by atoms with Crippen LogP contribution in [0.1, 0.15) is 31.1 Å². The minimum atomic E-state index is 0.0114. The van der Waals surface area contributed by atoms with Crippen molar-refractivity contribution in [1.29, 1.82) is 0 Å². The fourth-order valence-electron chi connectivity index (χ4n) is 1.51. The number of carbonyl (C=O) groups excluding carboxylic acids is 1. The SMILES string of the molecule is CC(=O)c1ccc(N(CCO)C(C)C)nc1. The summed E-state index contributed by atoms with van der Waals surface area (Å²) in [4.78, 5) is 17.3. The summed E-state index contributed by atoms with van der Waals surface area (Å²) in [7, 11) is 0. The first-order valence-electron chi connectivity index (χ1n) is 5.40. The summed E-state index contributed by atoms with van der Waals surface area (Å²) >= 11 is 0. The standard InChI is InChI=1S/C12H18N2O2/c1-9(2)14(6-7-15)12-5-4-11(8-13-12)10(3)16/h4-5,8-9,15H,6-7H2,1-3H3. The zero-order valence-electron chi connectivity index (χ0n) is 9.97. The van der Waals surface area contributed by atoms with E-state index in [1.807, 2.05) is 24.8 Å². The monoisotopic (exact) mass is 222 g/mol. The fourth-order valence-corrected chi connectivity index (χ4v) is 1.51. The van der Waals surface area contributed by atoms with Crippen LogP contribution in [-0.2, 0) is 0 Å². The maximum absolute atomic E-state index is 11.1. The molecule has 1 aromatic heterocycles. The lowest BCUT2D eigenvalue weighted by Crippen LogP contribution is -2.34. The van der Waals surface area contributed by atoms with Gasteiger partial charge >= 0.3 is 0 Å². The minimum absolute atomic E-state index is 0.0114. The van der Waals surface area contributed by atoms with E-state index in [2.05, 4.69) is 4.98 Å². The smallest absolute Gasteiger partial charge is 0.161 e. The van der Waals surface area contributed by atoms with Gasteiger partial charge in [0.15, 0.2) is 5.78 Å². The molecule has 88 valence electrons. The van der Waals surface area contributed by atoms with Gasteiger partial charge in [-0.15, -0.1) is 0 Å². The molecule has 1 aromatic rings. The third kappa shape index (κ3) is 3.03. The lowest BCUT2D eigenvalue weighted by Gasteiger charge is -2.26. The number of aliphatic hydroxyl groups is 1. The number of hydrogen-bond donors (Lipinski definition) is 1. The molecule has 0 atom stereocenters. The summed E-state index contributed by atoms with van der Waals surface area (Å²) in [6.07, 6.45) is 1.57. The van der Waals surface area contributed by atoms with Gasteiger partial charge in [-0.25, -0.2) is 4.98 Å². The number of aromatic nitrogens is 1. The molecule has 0 bridgehead atoms. The van der Waals surface area contributed by atoms with E-state index < -0.39 is 0 Å². The third-order valence-corrected chi connectivity index (χ3v) is 2.41. The molecule has 0 amide bonds. The maximum Gasteiger partial charge on any atom is 0.161 e. The number of nitrogens with zero attached hydrogens (tertiary/aromatic N) is 2. The van der Waals surface area contributed by atoms with E-state index in [0.29, 0.717) is 12.1 Å². The van der Waals surface area contributed by atoms with Crippen molar-refractivity contribution in [3.63, 3.8) is 0 Å². The zero-order chi connectivity index (χ0) is 12.1. The van der Waals surface area contributed by atoms with Crippen LogP contribution in [0.15, 0.2) is 18.3 Å². The summed E-state index contributed by atoms with van der Waals surface area (Å²) in [6, 6.07) is 3.84. The Morgan fingerprint density at radius 2 is 2.19 bits per heavy atom. The van der Waals surface area contributed by atoms with Gasteiger partial charge in [0.2, 0.25) is 0 Å². The Morgan fingerprint density at radius 1 is 1.50 bits per heavy atom. The van der Waals surface area contributed by atoms with Gasteiger partial charge in [0.1, 0.15) is 5.82 Å². The molecule has 0 radical (unpaired) electrons. The molecule has 4 heteroatoms.